The van der Waals surface area contributed by atoms with Crippen molar-refractivity contribution in [2.45, 2.75) is 0 Å². The molecule has 0 aromatic heterocycles. The SMILES string of the molecule is [N-]=[N+]=NCC(=O)NCCNC(=O)CNC(=O)CN. The van der Waals surface area contributed by atoms with Crippen LogP contribution in [0.4, 0.5) is 0 Å². The van der Waals surface area contributed by atoms with E-state index in [1.54, 1.807) is 0 Å². The molecule has 0 bridgehead atoms. The second-order valence-corrected chi connectivity index (χ2v) is 3.07. The van der Waals surface area contributed by atoms with Crippen molar-refractivity contribution >= 4 is 17.7 Å². The molecule has 0 aliphatic carbocycles. The highest BCUT2D eigenvalue weighted by Crippen LogP contribution is 1.72. The summed E-state index contributed by atoms with van der Waals surface area (Å²) in [6.45, 7) is -0.210. The first kappa shape index (κ1) is 15.7. The lowest BCUT2D eigenvalue weighted by Crippen LogP contribution is -2.42. The summed E-state index contributed by atoms with van der Waals surface area (Å²) < 4.78 is 0. The number of nitrogens with two attached hydrogens (primary N) is 1. The molecule has 0 spiro atoms. The topological polar surface area (TPSA) is 162 Å². The number of carbonyl (C=O) groups is 3. The van der Waals surface area contributed by atoms with Crippen molar-refractivity contribution in [3.05, 3.63) is 10.4 Å². The molecule has 10 heteroatoms. The van der Waals surface area contributed by atoms with E-state index in [1.165, 1.54) is 0 Å². The van der Waals surface area contributed by atoms with Gasteiger partial charge in [-0.25, -0.2) is 0 Å². The number of hydrogen-bond acceptors (Lipinski definition) is 5. The van der Waals surface area contributed by atoms with Gasteiger partial charge in [-0.2, -0.15) is 0 Å². The van der Waals surface area contributed by atoms with Gasteiger partial charge in [-0.05, 0) is 5.53 Å². The lowest BCUT2D eigenvalue weighted by Gasteiger charge is -2.06. The van der Waals surface area contributed by atoms with Gasteiger partial charge in [0.2, 0.25) is 17.7 Å². The smallest absolute Gasteiger partial charge is 0.239 e. The van der Waals surface area contributed by atoms with Gasteiger partial charge < -0.3 is 21.7 Å². The minimum Gasteiger partial charge on any atom is -0.354 e. The fourth-order valence-corrected chi connectivity index (χ4v) is 0.869. The van der Waals surface area contributed by atoms with Crippen LogP contribution in [0.15, 0.2) is 5.11 Å². The van der Waals surface area contributed by atoms with Crippen molar-refractivity contribution in [1.29, 1.82) is 0 Å². The molecule has 0 aromatic rings. The number of carbonyl (C=O) groups excluding carboxylic acids is 3. The molecule has 3 amide bonds. The van der Waals surface area contributed by atoms with Gasteiger partial charge in [-0.3, -0.25) is 14.4 Å². The number of nitrogens with zero attached hydrogens (tertiary/aromatic N) is 3. The Morgan fingerprint density at radius 3 is 2.22 bits per heavy atom. The van der Waals surface area contributed by atoms with Crippen molar-refractivity contribution in [2.75, 3.05) is 32.7 Å². The van der Waals surface area contributed by atoms with Crippen molar-refractivity contribution in [1.82, 2.24) is 16.0 Å². The third-order valence-corrected chi connectivity index (χ3v) is 1.68. The number of amides is 3. The Balaban J connectivity index is 3.54. The first-order valence-electron chi connectivity index (χ1n) is 5.11. The standard InChI is InChI=1S/C8H15N7O3/c9-3-6(16)13-4-7(17)11-1-2-12-8(18)5-14-15-10/h1-5,9H2,(H,11,17)(H,12,18)(H,13,16). The Labute approximate surface area is 103 Å². The monoisotopic (exact) mass is 257 g/mol. The molecule has 0 aliphatic heterocycles. The van der Waals surface area contributed by atoms with Crippen molar-refractivity contribution < 1.29 is 14.4 Å². The minimum atomic E-state index is -0.432. The van der Waals surface area contributed by atoms with E-state index in [2.05, 4.69) is 26.0 Å². The zero-order valence-electron chi connectivity index (χ0n) is 9.68. The van der Waals surface area contributed by atoms with Gasteiger partial charge in [0, 0.05) is 18.0 Å². The fourth-order valence-electron chi connectivity index (χ4n) is 0.869. The summed E-state index contributed by atoms with van der Waals surface area (Å²) in [6.07, 6.45) is 0. The number of azide groups is 1. The summed E-state index contributed by atoms with van der Waals surface area (Å²) in [6, 6.07) is 0. The molecule has 0 fully saturated rings. The van der Waals surface area contributed by atoms with Gasteiger partial charge in [0.25, 0.3) is 0 Å². The molecular weight excluding hydrogens is 242 g/mol. The molecule has 0 saturated heterocycles. The largest absolute Gasteiger partial charge is 0.354 e. The number of nitrogens with one attached hydrogen (secondary N) is 3. The molecule has 0 radical (unpaired) electrons. The first-order chi connectivity index (χ1) is 8.60. The molecular formula is C8H15N7O3. The van der Waals surface area contributed by atoms with E-state index < -0.39 is 11.8 Å². The predicted molar refractivity (Wildman–Crippen MR) is 62.1 cm³/mol. The minimum absolute atomic E-state index is 0.164. The fraction of sp³-hybridized carbons (Fsp3) is 0.625. The molecule has 100 valence electrons. The Bertz CT molecular complexity index is 351. The van der Waals surface area contributed by atoms with Gasteiger partial charge in [-0.1, -0.05) is 5.11 Å². The summed E-state index contributed by atoms with van der Waals surface area (Å²) in [7, 11) is 0. The van der Waals surface area contributed by atoms with Gasteiger partial charge in [0.05, 0.1) is 13.1 Å². The second kappa shape index (κ2) is 9.87. The summed E-state index contributed by atoms with van der Waals surface area (Å²) in [5.41, 5.74) is 13.0. The van der Waals surface area contributed by atoms with Crippen LogP contribution in [0.5, 0.6) is 0 Å². The summed E-state index contributed by atoms with van der Waals surface area (Å²) in [5.74, 6) is -1.24. The maximum absolute atomic E-state index is 11.1. The van der Waals surface area contributed by atoms with Crippen LogP contribution in [0.2, 0.25) is 0 Å². The van der Waals surface area contributed by atoms with E-state index in [1.807, 2.05) is 0 Å². The summed E-state index contributed by atoms with van der Waals surface area (Å²) in [5, 5.41) is 10.2. The van der Waals surface area contributed by atoms with Gasteiger partial charge in [0.15, 0.2) is 0 Å². The molecule has 5 N–H and O–H groups in total. The third-order valence-electron chi connectivity index (χ3n) is 1.68. The molecule has 0 heterocycles. The van der Waals surface area contributed by atoms with E-state index in [0.717, 1.165) is 0 Å². The van der Waals surface area contributed by atoms with E-state index in [4.69, 9.17) is 11.3 Å². The van der Waals surface area contributed by atoms with Crippen molar-refractivity contribution in [3.63, 3.8) is 0 Å². The van der Waals surface area contributed by atoms with Crippen molar-refractivity contribution in [3.8, 4) is 0 Å². The predicted octanol–water partition coefficient (Wildman–Crippen LogP) is -2.40. The van der Waals surface area contributed by atoms with Crippen LogP contribution >= 0.6 is 0 Å². The van der Waals surface area contributed by atoms with Crippen LogP contribution in [-0.4, -0.2) is 50.4 Å². The molecule has 0 atom stereocenters. The highest BCUT2D eigenvalue weighted by molar-refractivity contribution is 5.85. The Hall–Kier alpha value is -2.32. The molecule has 0 aliphatic rings. The molecule has 18 heavy (non-hydrogen) atoms. The Morgan fingerprint density at radius 1 is 1.06 bits per heavy atom. The van der Waals surface area contributed by atoms with E-state index in [0.29, 0.717) is 0 Å². The molecule has 0 unspecified atom stereocenters. The van der Waals surface area contributed by atoms with Crippen molar-refractivity contribution in [2.24, 2.45) is 10.8 Å². The lowest BCUT2D eigenvalue weighted by atomic mass is 10.5. The second-order valence-electron chi connectivity index (χ2n) is 3.07. The number of rotatable bonds is 8. The summed E-state index contributed by atoms with van der Waals surface area (Å²) in [4.78, 5) is 35.2. The molecule has 0 saturated carbocycles. The zero-order chi connectivity index (χ0) is 13.8. The molecule has 10 nitrogen and oxygen atoms in total. The van der Waals surface area contributed by atoms with Crippen LogP contribution in [0, 0.1) is 0 Å². The van der Waals surface area contributed by atoms with E-state index in [9.17, 15) is 14.4 Å². The quantitative estimate of drug-likeness (QED) is 0.165. The molecule has 0 rings (SSSR count). The van der Waals surface area contributed by atoms with E-state index in [-0.39, 0.29) is 38.6 Å². The summed E-state index contributed by atoms with van der Waals surface area (Å²) >= 11 is 0. The van der Waals surface area contributed by atoms with Gasteiger partial charge in [-0.15, -0.1) is 0 Å². The van der Waals surface area contributed by atoms with Crippen LogP contribution < -0.4 is 21.7 Å². The normalized spacial score (nSPS) is 8.94. The lowest BCUT2D eigenvalue weighted by molar-refractivity contribution is -0.125. The van der Waals surface area contributed by atoms with Gasteiger partial charge in [0.1, 0.15) is 6.54 Å². The van der Waals surface area contributed by atoms with E-state index >= 15 is 0 Å². The molecule has 0 aromatic carbocycles. The van der Waals surface area contributed by atoms with Crippen LogP contribution in [0.25, 0.3) is 10.4 Å². The Morgan fingerprint density at radius 2 is 1.67 bits per heavy atom. The highest BCUT2D eigenvalue weighted by atomic mass is 16.2. The maximum atomic E-state index is 11.1. The number of hydrogen-bond donors (Lipinski definition) is 4. The highest BCUT2D eigenvalue weighted by Gasteiger charge is 2.03. The van der Waals surface area contributed by atoms with Crippen LogP contribution in [-0.2, 0) is 14.4 Å². The maximum Gasteiger partial charge on any atom is 0.239 e. The Kier molecular flexibility index (Phi) is 8.60. The zero-order valence-corrected chi connectivity index (χ0v) is 9.68. The van der Waals surface area contributed by atoms with Crippen LogP contribution in [0.3, 0.4) is 0 Å². The van der Waals surface area contributed by atoms with Gasteiger partial charge >= 0.3 is 0 Å². The average Bonchev–Trinajstić information content (AvgIpc) is 2.38. The first-order valence-corrected chi connectivity index (χ1v) is 5.11. The average molecular weight is 257 g/mol. The third kappa shape index (κ3) is 8.95. The van der Waals surface area contributed by atoms with Crippen LogP contribution in [0.1, 0.15) is 0 Å².